The van der Waals surface area contributed by atoms with Gasteiger partial charge in [0.25, 0.3) is 5.91 Å². The van der Waals surface area contributed by atoms with Crippen LogP contribution in [0.15, 0.2) is 35.4 Å². The largest absolute Gasteiger partial charge is 0.497 e. The number of thiophene rings is 1. The van der Waals surface area contributed by atoms with E-state index < -0.39 is 11.5 Å². The summed E-state index contributed by atoms with van der Waals surface area (Å²) in [6.07, 6.45) is 0.308. The fraction of sp³-hybridized carbons (Fsp3) is 0.300. The Morgan fingerprint density at radius 1 is 1.34 bits per heavy atom. The maximum atomic E-state index is 12.7. The van der Waals surface area contributed by atoms with Crippen molar-refractivity contribution in [1.82, 2.24) is 15.3 Å². The zero-order valence-electron chi connectivity index (χ0n) is 15.9. The fourth-order valence-electron chi connectivity index (χ4n) is 3.19. The third kappa shape index (κ3) is 3.73. The molecular formula is C20H19N3O4S2. The predicted octanol–water partition coefficient (Wildman–Crippen LogP) is 2.69. The number of methoxy groups -OCH3 is 1. The molecule has 0 radical (unpaired) electrons. The van der Waals surface area contributed by atoms with Crippen LogP contribution in [-0.2, 0) is 10.4 Å². The van der Waals surface area contributed by atoms with Crippen LogP contribution in [0.25, 0.3) is 10.9 Å². The smallest absolute Gasteiger partial charge is 0.257 e. The number of ketones is 1. The second kappa shape index (κ2) is 7.74. The number of carbonyl (C=O) groups excluding carboxylic acids is 2. The summed E-state index contributed by atoms with van der Waals surface area (Å²) in [7, 11) is 1.60. The molecule has 150 valence electrons. The highest BCUT2D eigenvalue weighted by molar-refractivity contribution is 8.00. The van der Waals surface area contributed by atoms with E-state index in [0.717, 1.165) is 22.2 Å². The predicted molar refractivity (Wildman–Crippen MR) is 112 cm³/mol. The molecule has 1 atom stereocenters. The van der Waals surface area contributed by atoms with Crippen molar-refractivity contribution < 1.29 is 19.4 Å². The first-order valence-corrected chi connectivity index (χ1v) is 10.8. The van der Waals surface area contributed by atoms with Crippen molar-refractivity contribution >= 4 is 45.7 Å². The van der Waals surface area contributed by atoms with Gasteiger partial charge in [-0.1, -0.05) is 11.8 Å². The Balaban J connectivity index is 1.54. The Morgan fingerprint density at radius 3 is 2.90 bits per heavy atom. The van der Waals surface area contributed by atoms with E-state index in [0.29, 0.717) is 39.3 Å². The SMILES string of the molecule is COc1ccc2nc(C)nc(SCC(=O)c3ccc([C@]4(O)CCNC4=O)s3)c2c1. The number of aryl methyl sites for hydroxylation is 1. The Kier molecular flexibility index (Phi) is 5.28. The number of rotatable bonds is 6. The standard InChI is InChI=1S/C20H19N3O4S2/c1-11-22-14-4-3-12(27-2)9-13(14)18(23-11)28-10-15(24)16-5-6-17(29-16)20(26)7-8-21-19(20)25/h3-6,9,26H,7-8,10H2,1-2H3,(H,21,25)/t20-/m1/s1. The van der Waals surface area contributed by atoms with Gasteiger partial charge in [0.1, 0.15) is 16.6 Å². The highest BCUT2D eigenvalue weighted by atomic mass is 32.2. The van der Waals surface area contributed by atoms with Crippen molar-refractivity contribution in [3.05, 3.63) is 45.9 Å². The third-order valence-electron chi connectivity index (χ3n) is 4.76. The number of aromatic nitrogens is 2. The number of thioether (sulfide) groups is 1. The molecule has 1 aliphatic rings. The van der Waals surface area contributed by atoms with E-state index in [-0.39, 0.29) is 11.5 Å². The Hall–Kier alpha value is -2.49. The quantitative estimate of drug-likeness (QED) is 0.353. The second-order valence-electron chi connectivity index (χ2n) is 6.70. The van der Waals surface area contributed by atoms with E-state index in [4.69, 9.17) is 4.74 Å². The molecule has 1 saturated heterocycles. The minimum atomic E-state index is -1.53. The van der Waals surface area contributed by atoms with E-state index in [2.05, 4.69) is 15.3 Å². The molecule has 0 spiro atoms. The van der Waals surface area contributed by atoms with E-state index in [1.807, 2.05) is 25.1 Å². The minimum Gasteiger partial charge on any atom is -0.497 e. The van der Waals surface area contributed by atoms with Gasteiger partial charge >= 0.3 is 0 Å². The van der Waals surface area contributed by atoms with Crippen molar-refractivity contribution in [2.45, 2.75) is 24.0 Å². The second-order valence-corrected chi connectivity index (χ2v) is 8.75. The first-order valence-electron chi connectivity index (χ1n) is 9.00. The van der Waals surface area contributed by atoms with Gasteiger partial charge in [-0.25, -0.2) is 9.97 Å². The number of hydrogen-bond donors (Lipinski definition) is 2. The number of nitrogens with one attached hydrogen (secondary N) is 1. The maximum absolute atomic E-state index is 12.7. The summed E-state index contributed by atoms with van der Waals surface area (Å²) in [5.41, 5.74) is -0.742. The van der Waals surface area contributed by atoms with Crippen LogP contribution >= 0.6 is 23.1 Å². The van der Waals surface area contributed by atoms with Gasteiger partial charge < -0.3 is 15.2 Å². The van der Waals surface area contributed by atoms with Gasteiger partial charge in [0.15, 0.2) is 11.4 Å². The molecule has 9 heteroatoms. The van der Waals surface area contributed by atoms with Crippen molar-refractivity contribution in [3.8, 4) is 5.75 Å². The van der Waals surface area contributed by atoms with Gasteiger partial charge in [0.05, 0.1) is 23.3 Å². The van der Waals surface area contributed by atoms with Crippen LogP contribution in [0.1, 0.15) is 26.8 Å². The molecule has 3 heterocycles. The van der Waals surface area contributed by atoms with Gasteiger partial charge in [-0.2, -0.15) is 0 Å². The molecule has 0 unspecified atom stereocenters. The summed E-state index contributed by atoms with van der Waals surface area (Å²) in [6.45, 7) is 2.24. The van der Waals surface area contributed by atoms with Crippen LogP contribution in [0.2, 0.25) is 0 Å². The summed E-state index contributed by atoms with van der Waals surface area (Å²) in [5, 5.41) is 14.8. The number of Topliss-reactive ketones (excluding diaryl/α,β-unsaturated/α-hetero) is 1. The van der Waals surface area contributed by atoms with Crippen LogP contribution in [0.3, 0.4) is 0 Å². The lowest BCUT2D eigenvalue weighted by Gasteiger charge is -2.16. The zero-order chi connectivity index (χ0) is 20.6. The zero-order valence-corrected chi connectivity index (χ0v) is 17.5. The molecule has 2 aromatic heterocycles. The molecule has 0 saturated carbocycles. The number of ether oxygens (including phenoxy) is 1. The Bertz CT molecular complexity index is 1110. The highest BCUT2D eigenvalue weighted by Gasteiger charge is 2.43. The minimum absolute atomic E-state index is 0.0828. The topological polar surface area (TPSA) is 101 Å². The Morgan fingerprint density at radius 2 is 2.17 bits per heavy atom. The van der Waals surface area contributed by atoms with Crippen molar-refractivity contribution in [3.63, 3.8) is 0 Å². The average Bonchev–Trinajstić information content (AvgIpc) is 3.34. The molecule has 4 rings (SSSR count). The molecule has 1 aliphatic heterocycles. The van der Waals surface area contributed by atoms with Gasteiger partial charge in [0, 0.05) is 23.2 Å². The highest BCUT2D eigenvalue weighted by Crippen LogP contribution is 2.35. The van der Waals surface area contributed by atoms with E-state index in [1.54, 1.807) is 19.2 Å². The van der Waals surface area contributed by atoms with Gasteiger partial charge in [-0.15, -0.1) is 11.3 Å². The lowest BCUT2D eigenvalue weighted by Crippen LogP contribution is -2.34. The molecular weight excluding hydrogens is 410 g/mol. The summed E-state index contributed by atoms with van der Waals surface area (Å²) in [6, 6.07) is 8.89. The number of hydrogen-bond acceptors (Lipinski definition) is 8. The third-order valence-corrected chi connectivity index (χ3v) is 7.02. The number of benzene rings is 1. The number of aliphatic hydroxyl groups is 1. The van der Waals surface area contributed by atoms with Crippen LogP contribution in [-0.4, -0.2) is 46.2 Å². The summed E-state index contributed by atoms with van der Waals surface area (Å²) in [5.74, 6) is 1.02. The van der Waals surface area contributed by atoms with Crippen molar-refractivity contribution in [2.24, 2.45) is 0 Å². The molecule has 1 fully saturated rings. The van der Waals surface area contributed by atoms with Gasteiger partial charge in [-0.05, 0) is 37.3 Å². The molecule has 0 bridgehead atoms. The molecule has 29 heavy (non-hydrogen) atoms. The van der Waals surface area contributed by atoms with Crippen molar-refractivity contribution in [1.29, 1.82) is 0 Å². The molecule has 0 aliphatic carbocycles. The monoisotopic (exact) mass is 429 g/mol. The van der Waals surface area contributed by atoms with E-state index >= 15 is 0 Å². The summed E-state index contributed by atoms with van der Waals surface area (Å²) in [4.78, 5) is 34.6. The van der Waals surface area contributed by atoms with Crippen LogP contribution in [0.5, 0.6) is 5.75 Å². The summed E-state index contributed by atoms with van der Waals surface area (Å²) < 4.78 is 5.29. The Labute approximate surface area is 175 Å². The summed E-state index contributed by atoms with van der Waals surface area (Å²) >= 11 is 2.50. The van der Waals surface area contributed by atoms with E-state index in [1.165, 1.54) is 11.8 Å². The van der Waals surface area contributed by atoms with Crippen LogP contribution in [0, 0.1) is 6.92 Å². The average molecular weight is 430 g/mol. The molecule has 7 nitrogen and oxygen atoms in total. The van der Waals surface area contributed by atoms with Crippen LogP contribution < -0.4 is 10.1 Å². The first-order chi connectivity index (χ1) is 13.9. The molecule has 3 aromatic rings. The molecule has 2 N–H and O–H groups in total. The van der Waals surface area contributed by atoms with E-state index in [9.17, 15) is 14.7 Å². The molecule has 1 aromatic carbocycles. The molecule has 1 amide bonds. The van der Waals surface area contributed by atoms with Gasteiger partial charge in [-0.3, -0.25) is 9.59 Å². The number of fused-ring (bicyclic) bond motifs is 1. The number of nitrogens with zero attached hydrogens (tertiary/aromatic N) is 2. The first kappa shape index (κ1) is 19.8. The maximum Gasteiger partial charge on any atom is 0.257 e. The van der Waals surface area contributed by atoms with Gasteiger partial charge in [0.2, 0.25) is 0 Å². The van der Waals surface area contributed by atoms with Crippen molar-refractivity contribution in [2.75, 3.05) is 19.4 Å². The lowest BCUT2D eigenvalue weighted by molar-refractivity contribution is -0.135. The lowest BCUT2D eigenvalue weighted by atomic mass is 10.0. The number of carbonyl (C=O) groups is 2. The number of amides is 1. The van der Waals surface area contributed by atoms with Crippen LogP contribution in [0.4, 0.5) is 0 Å². The fourth-order valence-corrected chi connectivity index (χ4v) is 5.28. The normalized spacial score (nSPS) is 18.8.